The van der Waals surface area contributed by atoms with Crippen molar-refractivity contribution >= 4 is 24.8 Å². The van der Waals surface area contributed by atoms with Gasteiger partial charge < -0.3 is 9.47 Å². The summed E-state index contributed by atoms with van der Waals surface area (Å²) in [6.07, 6.45) is 0. The average Bonchev–Trinajstić information content (AvgIpc) is 2.05. The molecule has 0 aromatic heterocycles. The van der Waals surface area contributed by atoms with Gasteiger partial charge in [0.1, 0.15) is 13.2 Å². The number of rotatable bonds is 0. The maximum Gasteiger partial charge on any atom is 0.161 e. The predicted molar refractivity (Wildman–Crippen MR) is 51.9 cm³/mol. The van der Waals surface area contributed by atoms with Crippen LogP contribution in [0.25, 0.3) is 0 Å². The SMILES string of the molecule is Cl.Cl.c1ccc2c(c1)OCCO2. The number of ether oxygens (including phenoxy) is 2. The van der Waals surface area contributed by atoms with E-state index in [1.54, 1.807) is 0 Å². The third-order valence-corrected chi connectivity index (χ3v) is 1.45. The van der Waals surface area contributed by atoms with Gasteiger partial charge >= 0.3 is 0 Å². The zero-order chi connectivity index (χ0) is 6.81. The van der Waals surface area contributed by atoms with E-state index in [1.807, 2.05) is 24.3 Å². The van der Waals surface area contributed by atoms with E-state index >= 15 is 0 Å². The number of para-hydroxylation sites is 2. The summed E-state index contributed by atoms with van der Waals surface area (Å²) in [5, 5.41) is 0. The molecule has 0 aliphatic carbocycles. The van der Waals surface area contributed by atoms with Crippen LogP contribution in [0.5, 0.6) is 11.5 Å². The van der Waals surface area contributed by atoms with Gasteiger partial charge in [0.2, 0.25) is 0 Å². The minimum atomic E-state index is 0. The Morgan fingerprint density at radius 2 is 1.25 bits per heavy atom. The average molecular weight is 209 g/mol. The molecular weight excluding hydrogens is 199 g/mol. The van der Waals surface area contributed by atoms with Gasteiger partial charge in [0, 0.05) is 0 Å². The molecule has 0 saturated carbocycles. The standard InChI is InChI=1S/C8H8O2.2ClH/c1-2-4-8-7(3-1)9-5-6-10-8;;/h1-4H,5-6H2;2*1H. The third kappa shape index (κ3) is 2.19. The third-order valence-electron chi connectivity index (χ3n) is 1.45. The van der Waals surface area contributed by atoms with Crippen LogP contribution in [0.3, 0.4) is 0 Å². The van der Waals surface area contributed by atoms with E-state index in [9.17, 15) is 0 Å². The first-order chi connectivity index (χ1) is 4.97. The second-order valence-corrected chi connectivity index (χ2v) is 2.14. The van der Waals surface area contributed by atoms with Crippen molar-refractivity contribution in [1.82, 2.24) is 0 Å². The molecule has 1 aliphatic heterocycles. The summed E-state index contributed by atoms with van der Waals surface area (Å²) in [6, 6.07) is 7.70. The highest BCUT2D eigenvalue weighted by Gasteiger charge is 2.07. The molecule has 0 unspecified atom stereocenters. The number of benzene rings is 1. The Morgan fingerprint density at radius 1 is 0.833 bits per heavy atom. The predicted octanol–water partition coefficient (Wildman–Crippen LogP) is 2.30. The molecule has 2 nitrogen and oxygen atoms in total. The van der Waals surface area contributed by atoms with Crippen LogP contribution in [-0.2, 0) is 0 Å². The maximum atomic E-state index is 5.30. The minimum absolute atomic E-state index is 0. The molecule has 12 heavy (non-hydrogen) atoms. The quantitative estimate of drug-likeness (QED) is 0.652. The minimum Gasteiger partial charge on any atom is -0.486 e. The Hall–Kier alpha value is -0.600. The molecule has 1 aromatic rings. The van der Waals surface area contributed by atoms with E-state index < -0.39 is 0 Å². The van der Waals surface area contributed by atoms with E-state index in [1.165, 1.54) is 0 Å². The second kappa shape index (κ2) is 5.12. The first-order valence-corrected chi connectivity index (χ1v) is 3.31. The van der Waals surface area contributed by atoms with Crippen LogP contribution in [0.4, 0.5) is 0 Å². The Labute approximate surface area is 83.7 Å². The highest BCUT2D eigenvalue weighted by molar-refractivity contribution is 5.85. The fourth-order valence-corrected chi connectivity index (χ4v) is 0.992. The molecule has 0 bridgehead atoms. The molecular formula is C8H10Cl2O2. The van der Waals surface area contributed by atoms with Crippen molar-refractivity contribution in [2.45, 2.75) is 0 Å². The molecule has 2 rings (SSSR count). The van der Waals surface area contributed by atoms with E-state index in [4.69, 9.17) is 9.47 Å². The van der Waals surface area contributed by atoms with Crippen LogP contribution in [0.15, 0.2) is 24.3 Å². The topological polar surface area (TPSA) is 18.5 Å². The Balaban J connectivity index is 0.000000605. The van der Waals surface area contributed by atoms with Gasteiger partial charge in [0.15, 0.2) is 11.5 Å². The van der Waals surface area contributed by atoms with Gasteiger partial charge in [-0.15, -0.1) is 24.8 Å². The van der Waals surface area contributed by atoms with Gasteiger partial charge in [-0.1, -0.05) is 12.1 Å². The normalized spacial score (nSPS) is 12.3. The molecule has 0 saturated heterocycles. The molecule has 0 spiro atoms. The van der Waals surface area contributed by atoms with E-state index in [-0.39, 0.29) is 24.8 Å². The summed E-state index contributed by atoms with van der Waals surface area (Å²) in [5.74, 6) is 1.71. The number of fused-ring (bicyclic) bond motifs is 1. The summed E-state index contributed by atoms with van der Waals surface area (Å²) >= 11 is 0. The Morgan fingerprint density at radius 3 is 1.67 bits per heavy atom. The van der Waals surface area contributed by atoms with Gasteiger partial charge in [0.05, 0.1) is 0 Å². The lowest BCUT2D eigenvalue weighted by Gasteiger charge is -2.17. The van der Waals surface area contributed by atoms with Crippen LogP contribution in [0, 0.1) is 0 Å². The van der Waals surface area contributed by atoms with Crippen molar-refractivity contribution in [1.29, 1.82) is 0 Å². The van der Waals surface area contributed by atoms with Crippen LogP contribution in [-0.4, -0.2) is 13.2 Å². The maximum absolute atomic E-state index is 5.30. The van der Waals surface area contributed by atoms with Crippen LogP contribution < -0.4 is 9.47 Å². The zero-order valence-corrected chi connectivity index (χ0v) is 7.99. The second-order valence-electron chi connectivity index (χ2n) is 2.14. The molecule has 1 aliphatic rings. The molecule has 1 heterocycles. The molecule has 1 aromatic carbocycles. The molecule has 4 heteroatoms. The Kier molecular flexibility index (Phi) is 4.86. The van der Waals surface area contributed by atoms with Gasteiger partial charge in [0.25, 0.3) is 0 Å². The monoisotopic (exact) mass is 208 g/mol. The number of hydrogen-bond acceptors (Lipinski definition) is 2. The van der Waals surface area contributed by atoms with E-state index in [0.29, 0.717) is 13.2 Å². The van der Waals surface area contributed by atoms with Gasteiger partial charge in [-0.3, -0.25) is 0 Å². The highest BCUT2D eigenvalue weighted by Crippen LogP contribution is 2.28. The largest absolute Gasteiger partial charge is 0.486 e. The van der Waals surface area contributed by atoms with Gasteiger partial charge in [-0.25, -0.2) is 0 Å². The van der Waals surface area contributed by atoms with Gasteiger partial charge in [-0.2, -0.15) is 0 Å². The van der Waals surface area contributed by atoms with Crippen LogP contribution >= 0.6 is 24.8 Å². The molecule has 0 radical (unpaired) electrons. The lowest BCUT2D eigenvalue weighted by atomic mass is 10.3. The van der Waals surface area contributed by atoms with E-state index in [2.05, 4.69) is 0 Å². The van der Waals surface area contributed by atoms with Crippen molar-refractivity contribution in [3.05, 3.63) is 24.3 Å². The zero-order valence-electron chi connectivity index (χ0n) is 6.36. The summed E-state index contributed by atoms with van der Waals surface area (Å²) in [6.45, 7) is 1.33. The smallest absolute Gasteiger partial charge is 0.161 e. The molecule has 0 amide bonds. The lowest BCUT2D eigenvalue weighted by Crippen LogP contribution is -2.14. The van der Waals surface area contributed by atoms with Crippen molar-refractivity contribution in [3.8, 4) is 11.5 Å². The van der Waals surface area contributed by atoms with Crippen molar-refractivity contribution in [2.24, 2.45) is 0 Å². The first-order valence-electron chi connectivity index (χ1n) is 3.31. The summed E-state index contributed by atoms with van der Waals surface area (Å²) < 4.78 is 10.6. The van der Waals surface area contributed by atoms with Crippen molar-refractivity contribution in [2.75, 3.05) is 13.2 Å². The first kappa shape index (κ1) is 11.4. The molecule has 68 valence electrons. The molecule has 0 atom stereocenters. The van der Waals surface area contributed by atoms with Crippen molar-refractivity contribution in [3.63, 3.8) is 0 Å². The van der Waals surface area contributed by atoms with Crippen LogP contribution in [0.2, 0.25) is 0 Å². The molecule has 0 fully saturated rings. The Bertz CT molecular complexity index is 215. The van der Waals surface area contributed by atoms with Gasteiger partial charge in [-0.05, 0) is 12.1 Å². The molecule has 0 N–H and O–H groups in total. The summed E-state index contributed by atoms with van der Waals surface area (Å²) in [5.41, 5.74) is 0. The highest BCUT2D eigenvalue weighted by atomic mass is 35.5. The number of hydrogen-bond donors (Lipinski definition) is 0. The van der Waals surface area contributed by atoms with Crippen molar-refractivity contribution < 1.29 is 9.47 Å². The number of halogens is 2. The fourth-order valence-electron chi connectivity index (χ4n) is 0.992. The van der Waals surface area contributed by atoms with Crippen LogP contribution in [0.1, 0.15) is 0 Å². The fraction of sp³-hybridized carbons (Fsp3) is 0.250. The summed E-state index contributed by atoms with van der Waals surface area (Å²) in [7, 11) is 0. The summed E-state index contributed by atoms with van der Waals surface area (Å²) in [4.78, 5) is 0. The lowest BCUT2D eigenvalue weighted by molar-refractivity contribution is 0.171. The van der Waals surface area contributed by atoms with E-state index in [0.717, 1.165) is 11.5 Å².